The predicted octanol–water partition coefficient (Wildman–Crippen LogP) is 1.46. The highest BCUT2D eigenvalue weighted by Gasteiger charge is 2.19. The first-order chi connectivity index (χ1) is 8.90. The average molecular weight is 325 g/mol. The van der Waals surface area contributed by atoms with Gasteiger partial charge < -0.3 is 9.88 Å². The summed E-state index contributed by atoms with van der Waals surface area (Å²) in [5.74, 6) is -0.380. The number of hydrogen-bond acceptors (Lipinski definition) is 3. The summed E-state index contributed by atoms with van der Waals surface area (Å²) in [7, 11) is 3.36. The van der Waals surface area contributed by atoms with Crippen molar-refractivity contribution in [1.29, 1.82) is 0 Å². The number of aryl methyl sites for hydroxylation is 2. The van der Waals surface area contributed by atoms with Gasteiger partial charge in [0, 0.05) is 30.5 Å². The molecule has 2 aromatic heterocycles. The molecule has 19 heavy (non-hydrogen) atoms. The second-order valence-corrected chi connectivity index (χ2v) is 5.08. The molecule has 0 spiro atoms. The highest BCUT2D eigenvalue weighted by Crippen LogP contribution is 2.16. The molecule has 0 aromatic carbocycles. The second kappa shape index (κ2) is 5.00. The average Bonchev–Trinajstić information content (AvgIpc) is 2.79. The van der Waals surface area contributed by atoms with E-state index in [0.717, 1.165) is 0 Å². The van der Waals surface area contributed by atoms with Gasteiger partial charge in [0.15, 0.2) is 0 Å². The molecule has 2 rings (SSSR count). The van der Waals surface area contributed by atoms with Crippen molar-refractivity contribution in [2.24, 2.45) is 7.05 Å². The Morgan fingerprint density at radius 3 is 2.79 bits per heavy atom. The quantitative estimate of drug-likeness (QED) is 0.909. The Morgan fingerprint density at radius 2 is 2.21 bits per heavy atom. The highest BCUT2D eigenvalue weighted by atomic mass is 79.9. The van der Waals surface area contributed by atoms with Crippen molar-refractivity contribution in [3.63, 3.8) is 0 Å². The smallest absolute Gasteiger partial charge is 0.263 e. The molecule has 2 aromatic rings. The topological polar surface area (TPSA) is 71.0 Å². The van der Waals surface area contributed by atoms with Gasteiger partial charge >= 0.3 is 0 Å². The number of rotatable bonds is 2. The number of H-pyrrole nitrogens is 1. The van der Waals surface area contributed by atoms with Crippen molar-refractivity contribution in [3.8, 4) is 0 Å². The monoisotopic (exact) mass is 324 g/mol. The third-order valence-corrected chi connectivity index (χ3v) is 3.61. The van der Waals surface area contributed by atoms with E-state index in [0.29, 0.717) is 15.9 Å². The number of anilines is 1. The first-order valence-electron chi connectivity index (χ1n) is 5.56. The van der Waals surface area contributed by atoms with Gasteiger partial charge in [0.1, 0.15) is 5.56 Å². The van der Waals surface area contributed by atoms with Gasteiger partial charge in [-0.25, -0.2) is 0 Å². The normalized spacial score (nSPS) is 10.5. The Morgan fingerprint density at radius 1 is 1.53 bits per heavy atom. The SMILES string of the molecule is Cc1[nH]c(=O)c(C(=O)N(C)c2cnn(C)c2)cc1Br. The second-order valence-electron chi connectivity index (χ2n) is 4.22. The van der Waals surface area contributed by atoms with Crippen LogP contribution in [0.1, 0.15) is 16.1 Å². The van der Waals surface area contributed by atoms with Crippen LogP contribution in [0.3, 0.4) is 0 Å². The Bertz CT molecular complexity index is 689. The maximum absolute atomic E-state index is 12.3. The molecule has 1 amide bonds. The minimum absolute atomic E-state index is 0.0869. The molecule has 0 bridgehead atoms. The minimum atomic E-state index is -0.401. The van der Waals surface area contributed by atoms with Crippen molar-refractivity contribution < 1.29 is 4.79 Å². The Labute approximate surface area is 118 Å². The molecule has 0 aliphatic rings. The fourth-order valence-electron chi connectivity index (χ4n) is 1.64. The van der Waals surface area contributed by atoms with E-state index in [-0.39, 0.29) is 11.5 Å². The minimum Gasteiger partial charge on any atom is -0.325 e. The van der Waals surface area contributed by atoms with Crippen molar-refractivity contribution in [1.82, 2.24) is 14.8 Å². The number of aromatic nitrogens is 3. The molecule has 2 heterocycles. The van der Waals surface area contributed by atoms with E-state index in [9.17, 15) is 9.59 Å². The third-order valence-electron chi connectivity index (χ3n) is 2.79. The van der Waals surface area contributed by atoms with Crippen LogP contribution in [0.4, 0.5) is 5.69 Å². The van der Waals surface area contributed by atoms with Crippen LogP contribution in [-0.2, 0) is 7.05 Å². The van der Waals surface area contributed by atoms with E-state index in [1.807, 2.05) is 0 Å². The number of halogens is 1. The van der Waals surface area contributed by atoms with Crippen LogP contribution >= 0.6 is 15.9 Å². The van der Waals surface area contributed by atoms with Crippen molar-refractivity contribution in [2.45, 2.75) is 6.92 Å². The maximum Gasteiger partial charge on any atom is 0.263 e. The fraction of sp³-hybridized carbons (Fsp3) is 0.250. The first-order valence-corrected chi connectivity index (χ1v) is 6.35. The van der Waals surface area contributed by atoms with Crippen molar-refractivity contribution >= 4 is 27.5 Å². The summed E-state index contributed by atoms with van der Waals surface area (Å²) in [4.78, 5) is 28.1. The van der Waals surface area contributed by atoms with Crippen LogP contribution in [0.25, 0.3) is 0 Å². The molecular weight excluding hydrogens is 312 g/mol. The summed E-state index contributed by atoms with van der Waals surface area (Å²) in [6.07, 6.45) is 3.27. The number of nitrogens with zero attached hydrogens (tertiary/aromatic N) is 3. The van der Waals surface area contributed by atoms with Crippen LogP contribution < -0.4 is 10.5 Å². The summed E-state index contributed by atoms with van der Waals surface area (Å²) < 4.78 is 2.28. The molecule has 1 N–H and O–H groups in total. The van der Waals surface area contributed by atoms with Gasteiger partial charge in [0.25, 0.3) is 11.5 Å². The van der Waals surface area contributed by atoms with Gasteiger partial charge in [-0.2, -0.15) is 5.10 Å². The van der Waals surface area contributed by atoms with E-state index in [4.69, 9.17) is 0 Å². The van der Waals surface area contributed by atoms with Gasteiger partial charge in [-0.3, -0.25) is 14.3 Å². The molecule has 0 saturated heterocycles. The zero-order chi connectivity index (χ0) is 14.2. The standard InChI is InChI=1S/C12H13BrN4O2/c1-7-10(13)4-9(11(18)15-7)12(19)17(3)8-5-14-16(2)6-8/h4-6H,1-3H3,(H,15,18). The molecule has 100 valence electrons. The largest absolute Gasteiger partial charge is 0.325 e. The van der Waals surface area contributed by atoms with Crippen LogP contribution in [0.5, 0.6) is 0 Å². The lowest BCUT2D eigenvalue weighted by Gasteiger charge is -2.14. The maximum atomic E-state index is 12.3. The zero-order valence-electron chi connectivity index (χ0n) is 10.8. The lowest BCUT2D eigenvalue weighted by atomic mass is 10.2. The van der Waals surface area contributed by atoms with Crippen LogP contribution in [0.2, 0.25) is 0 Å². The van der Waals surface area contributed by atoms with E-state index in [2.05, 4.69) is 26.0 Å². The Hall–Kier alpha value is -1.89. The summed E-state index contributed by atoms with van der Waals surface area (Å²) in [6, 6.07) is 1.53. The number of aromatic amines is 1. The van der Waals surface area contributed by atoms with Crippen LogP contribution in [0.15, 0.2) is 27.7 Å². The molecule has 0 atom stereocenters. The summed E-state index contributed by atoms with van der Waals surface area (Å²) in [6.45, 7) is 1.75. The summed E-state index contributed by atoms with van der Waals surface area (Å²) >= 11 is 3.30. The van der Waals surface area contributed by atoms with E-state index in [1.54, 1.807) is 38.1 Å². The Kier molecular flexibility index (Phi) is 3.57. The number of amides is 1. The molecule has 7 heteroatoms. The van der Waals surface area contributed by atoms with E-state index < -0.39 is 5.56 Å². The fourth-order valence-corrected chi connectivity index (χ4v) is 1.96. The number of nitrogens with one attached hydrogen (secondary N) is 1. The van der Waals surface area contributed by atoms with Gasteiger partial charge in [-0.05, 0) is 28.9 Å². The van der Waals surface area contributed by atoms with Gasteiger partial charge in [-0.15, -0.1) is 0 Å². The van der Waals surface area contributed by atoms with Gasteiger partial charge in [-0.1, -0.05) is 0 Å². The lowest BCUT2D eigenvalue weighted by Crippen LogP contribution is -2.31. The molecule has 6 nitrogen and oxygen atoms in total. The molecule has 0 saturated carbocycles. The van der Waals surface area contributed by atoms with Gasteiger partial charge in [0.2, 0.25) is 0 Å². The van der Waals surface area contributed by atoms with Gasteiger partial charge in [0.05, 0.1) is 11.9 Å². The van der Waals surface area contributed by atoms with E-state index in [1.165, 1.54) is 11.0 Å². The molecule has 0 radical (unpaired) electrons. The van der Waals surface area contributed by atoms with E-state index >= 15 is 0 Å². The number of hydrogen-bond donors (Lipinski definition) is 1. The predicted molar refractivity (Wildman–Crippen MR) is 75.4 cm³/mol. The molecular formula is C12H13BrN4O2. The summed E-state index contributed by atoms with van der Waals surface area (Å²) in [5.41, 5.74) is 0.999. The number of carbonyl (C=O) groups excluding carboxylic acids is 1. The lowest BCUT2D eigenvalue weighted by molar-refractivity contribution is 0.0991. The van der Waals surface area contributed by atoms with Crippen LogP contribution in [0, 0.1) is 6.92 Å². The summed E-state index contributed by atoms with van der Waals surface area (Å²) in [5, 5.41) is 4.00. The number of pyridine rings is 1. The molecule has 0 fully saturated rings. The highest BCUT2D eigenvalue weighted by molar-refractivity contribution is 9.10. The van der Waals surface area contributed by atoms with Crippen LogP contribution in [-0.4, -0.2) is 27.7 Å². The Balaban J connectivity index is 2.40. The van der Waals surface area contributed by atoms with Crippen molar-refractivity contribution in [2.75, 3.05) is 11.9 Å². The first kappa shape index (κ1) is 13.5. The molecule has 0 unspecified atom stereocenters. The third kappa shape index (κ3) is 2.60. The van der Waals surface area contributed by atoms with Crippen molar-refractivity contribution in [3.05, 3.63) is 44.5 Å². The zero-order valence-corrected chi connectivity index (χ0v) is 12.4. The number of carbonyl (C=O) groups is 1. The molecule has 0 aliphatic heterocycles. The molecule has 0 aliphatic carbocycles.